The second kappa shape index (κ2) is 9.42. The van der Waals surface area contributed by atoms with Crippen LogP contribution in [0.15, 0.2) is 53.8 Å². The first-order valence-electron chi connectivity index (χ1n) is 13.2. The third-order valence-corrected chi connectivity index (χ3v) is 7.52. The van der Waals surface area contributed by atoms with Crippen LogP contribution in [0.5, 0.6) is 17.2 Å². The minimum atomic E-state index is -0.0843. The molecule has 1 atom stereocenters. The van der Waals surface area contributed by atoms with E-state index in [1.54, 1.807) is 24.0 Å². The summed E-state index contributed by atoms with van der Waals surface area (Å²) in [5.41, 5.74) is 3.52. The van der Waals surface area contributed by atoms with Crippen LogP contribution in [-0.4, -0.2) is 49.0 Å². The molecule has 1 saturated carbocycles. The normalized spacial score (nSPS) is 17.5. The van der Waals surface area contributed by atoms with Crippen molar-refractivity contribution in [3.63, 3.8) is 0 Å². The summed E-state index contributed by atoms with van der Waals surface area (Å²) in [6, 6.07) is 7.75. The lowest BCUT2D eigenvalue weighted by atomic mass is 10.1. The molecule has 1 aliphatic carbocycles. The molecule has 1 aliphatic heterocycles. The summed E-state index contributed by atoms with van der Waals surface area (Å²) in [6.45, 7) is 1.30. The molecule has 11 nitrogen and oxygen atoms in total. The number of aryl methyl sites for hydroxylation is 1. The van der Waals surface area contributed by atoms with Gasteiger partial charge in [-0.3, -0.25) is 4.79 Å². The zero-order valence-electron chi connectivity index (χ0n) is 21.8. The Morgan fingerprint density at radius 3 is 2.85 bits per heavy atom. The Kier molecular flexibility index (Phi) is 5.73. The SMILES string of the molecule is COc1c(Oc2cnn3ccccc23)cnc2nc(Nc3cc(C4CC4)cn([C@@H]4CCCOC4)c3=O)n(C)c12. The number of hydrogen-bond donors (Lipinski definition) is 1. The van der Waals surface area contributed by atoms with Crippen molar-refractivity contribution in [2.24, 2.45) is 7.05 Å². The van der Waals surface area contributed by atoms with Crippen LogP contribution in [0.1, 0.15) is 43.2 Å². The number of anilines is 2. The van der Waals surface area contributed by atoms with E-state index in [9.17, 15) is 4.79 Å². The first-order valence-corrected chi connectivity index (χ1v) is 13.2. The number of nitrogens with one attached hydrogen (secondary N) is 1. The van der Waals surface area contributed by atoms with E-state index < -0.39 is 0 Å². The summed E-state index contributed by atoms with van der Waals surface area (Å²) >= 11 is 0. The molecular formula is C28H29N7O4. The molecular weight excluding hydrogens is 498 g/mol. The van der Waals surface area contributed by atoms with Crippen molar-refractivity contribution in [3.05, 3.63) is 65.0 Å². The van der Waals surface area contributed by atoms with E-state index in [0.717, 1.165) is 37.8 Å². The van der Waals surface area contributed by atoms with Crippen molar-refractivity contribution >= 4 is 28.3 Å². The molecule has 0 spiro atoms. The van der Waals surface area contributed by atoms with Crippen LogP contribution in [0.4, 0.5) is 11.6 Å². The number of fused-ring (bicyclic) bond motifs is 2. The summed E-state index contributed by atoms with van der Waals surface area (Å²) in [5.74, 6) is 2.49. The second-order valence-corrected chi connectivity index (χ2v) is 10.1. The first kappa shape index (κ1) is 23.7. The summed E-state index contributed by atoms with van der Waals surface area (Å²) in [4.78, 5) is 22.8. The monoisotopic (exact) mass is 527 g/mol. The van der Waals surface area contributed by atoms with Gasteiger partial charge in [0, 0.05) is 26.0 Å². The molecule has 39 heavy (non-hydrogen) atoms. The molecule has 7 rings (SSSR count). The zero-order valence-corrected chi connectivity index (χ0v) is 21.8. The van der Waals surface area contributed by atoms with Gasteiger partial charge < -0.3 is 28.7 Å². The van der Waals surface area contributed by atoms with Crippen LogP contribution in [0.2, 0.25) is 0 Å². The summed E-state index contributed by atoms with van der Waals surface area (Å²) < 4.78 is 23.1. The van der Waals surface area contributed by atoms with Gasteiger partial charge in [0.25, 0.3) is 5.56 Å². The molecule has 5 aromatic rings. The fourth-order valence-corrected chi connectivity index (χ4v) is 5.30. The lowest BCUT2D eigenvalue weighted by molar-refractivity contribution is 0.0580. The molecule has 5 aromatic heterocycles. The Morgan fingerprint density at radius 1 is 1.15 bits per heavy atom. The smallest absolute Gasteiger partial charge is 0.274 e. The second-order valence-electron chi connectivity index (χ2n) is 10.1. The van der Waals surface area contributed by atoms with Crippen molar-refractivity contribution in [2.45, 2.75) is 37.6 Å². The number of ether oxygens (including phenoxy) is 3. The van der Waals surface area contributed by atoms with Crippen molar-refractivity contribution in [2.75, 3.05) is 25.6 Å². The van der Waals surface area contributed by atoms with E-state index in [1.165, 1.54) is 5.56 Å². The van der Waals surface area contributed by atoms with E-state index in [0.29, 0.717) is 52.6 Å². The maximum atomic E-state index is 13.6. The summed E-state index contributed by atoms with van der Waals surface area (Å²) in [6.07, 6.45) is 11.3. The van der Waals surface area contributed by atoms with E-state index in [-0.39, 0.29) is 11.6 Å². The van der Waals surface area contributed by atoms with Gasteiger partial charge in [-0.25, -0.2) is 9.50 Å². The number of rotatable bonds is 7. The Labute approximate surface area is 224 Å². The predicted molar refractivity (Wildman–Crippen MR) is 145 cm³/mol. The Morgan fingerprint density at radius 2 is 2.05 bits per heavy atom. The third-order valence-electron chi connectivity index (χ3n) is 7.52. The minimum absolute atomic E-state index is 0.0346. The average Bonchev–Trinajstić information content (AvgIpc) is 3.67. The number of hydrogen-bond acceptors (Lipinski definition) is 8. The Balaban J connectivity index is 1.27. The van der Waals surface area contributed by atoms with Crippen LogP contribution in [0.25, 0.3) is 16.7 Å². The van der Waals surface area contributed by atoms with Gasteiger partial charge in [-0.1, -0.05) is 6.07 Å². The van der Waals surface area contributed by atoms with E-state index in [2.05, 4.69) is 15.4 Å². The first-order chi connectivity index (χ1) is 19.1. The number of aromatic nitrogens is 6. The average molecular weight is 528 g/mol. The molecule has 0 unspecified atom stereocenters. The molecule has 0 amide bonds. The molecule has 11 heteroatoms. The number of nitrogens with zero attached hydrogens (tertiary/aromatic N) is 6. The molecule has 2 aliphatic rings. The highest BCUT2D eigenvalue weighted by molar-refractivity contribution is 5.85. The predicted octanol–water partition coefficient (Wildman–Crippen LogP) is 4.55. The van der Waals surface area contributed by atoms with Gasteiger partial charge in [-0.05, 0) is 55.4 Å². The van der Waals surface area contributed by atoms with Crippen molar-refractivity contribution < 1.29 is 14.2 Å². The highest BCUT2D eigenvalue weighted by Gasteiger charge is 2.28. The molecule has 0 bridgehead atoms. The van der Waals surface area contributed by atoms with Gasteiger partial charge in [0.05, 0.1) is 32.2 Å². The number of pyridine rings is 3. The van der Waals surface area contributed by atoms with E-state index in [4.69, 9.17) is 19.2 Å². The lowest BCUT2D eigenvalue weighted by Gasteiger charge is -2.25. The summed E-state index contributed by atoms with van der Waals surface area (Å²) in [5, 5.41) is 7.64. The van der Waals surface area contributed by atoms with Crippen molar-refractivity contribution in [1.29, 1.82) is 0 Å². The van der Waals surface area contributed by atoms with Crippen LogP contribution in [0, 0.1) is 0 Å². The van der Waals surface area contributed by atoms with Crippen LogP contribution in [-0.2, 0) is 11.8 Å². The highest BCUT2D eigenvalue weighted by atomic mass is 16.5. The van der Waals surface area contributed by atoms with Gasteiger partial charge in [0.15, 0.2) is 22.9 Å². The highest BCUT2D eigenvalue weighted by Crippen LogP contribution is 2.41. The number of imidazole rings is 1. The van der Waals surface area contributed by atoms with Gasteiger partial charge in [0.2, 0.25) is 5.95 Å². The largest absolute Gasteiger partial charge is 0.491 e. The maximum absolute atomic E-state index is 13.6. The maximum Gasteiger partial charge on any atom is 0.274 e. The van der Waals surface area contributed by atoms with Crippen LogP contribution in [0.3, 0.4) is 0 Å². The minimum Gasteiger partial charge on any atom is -0.491 e. The van der Waals surface area contributed by atoms with E-state index >= 15 is 0 Å². The van der Waals surface area contributed by atoms with Gasteiger partial charge >= 0.3 is 0 Å². The summed E-state index contributed by atoms with van der Waals surface area (Å²) in [7, 11) is 3.45. The fourth-order valence-electron chi connectivity index (χ4n) is 5.30. The molecule has 200 valence electrons. The number of methoxy groups -OCH3 is 1. The fraction of sp³-hybridized carbons (Fsp3) is 0.357. The van der Waals surface area contributed by atoms with E-state index in [1.807, 2.05) is 52.8 Å². The molecule has 2 fully saturated rings. The zero-order chi connectivity index (χ0) is 26.5. The Hall–Kier alpha value is -4.38. The topological polar surface area (TPSA) is 110 Å². The lowest BCUT2D eigenvalue weighted by Crippen LogP contribution is -2.31. The van der Waals surface area contributed by atoms with Crippen molar-refractivity contribution in [3.8, 4) is 17.2 Å². The van der Waals surface area contributed by atoms with Gasteiger partial charge in [0.1, 0.15) is 16.7 Å². The molecule has 1 N–H and O–H groups in total. The van der Waals surface area contributed by atoms with Crippen LogP contribution < -0.4 is 20.3 Å². The molecule has 0 aromatic carbocycles. The molecule has 6 heterocycles. The van der Waals surface area contributed by atoms with Gasteiger partial charge in [-0.2, -0.15) is 10.1 Å². The molecule has 1 saturated heterocycles. The standard InChI is InChI=1S/C28H29N7O4/c1-33-24-25(37-2)23(39-22-14-30-35-10-4-3-7-21(22)35)13-29-26(24)32-28(33)31-20-12-18(17-8-9-17)15-34(27(20)36)19-6-5-11-38-16-19/h3-4,7,10,12-15,17,19H,5-6,8-9,11,16H2,1-2H3,(H,29,31,32)/t19-/m1/s1. The Bertz CT molecular complexity index is 1740. The molecule has 0 radical (unpaired) electrons. The van der Waals surface area contributed by atoms with Gasteiger partial charge in [-0.15, -0.1) is 0 Å². The quantitative estimate of drug-likeness (QED) is 0.328. The third kappa shape index (κ3) is 4.19. The van der Waals surface area contributed by atoms with Crippen molar-refractivity contribution in [1.82, 2.24) is 28.7 Å². The van der Waals surface area contributed by atoms with Crippen LogP contribution >= 0.6 is 0 Å².